The lowest BCUT2D eigenvalue weighted by Gasteiger charge is -2.06. The standard InChI is InChI=1S/C14H23NO.ClH/c1-2-3-4-5-6-10-13-16-15-14-11-8-7-9-12-14;/h7-9,11-12,15H,2-6,10,13H2,1H3;1H. The molecule has 0 aliphatic rings. The zero-order valence-electron chi connectivity index (χ0n) is 10.7. The third-order valence-electron chi connectivity index (χ3n) is 2.56. The quantitative estimate of drug-likeness (QED) is 0.506. The molecular weight excluding hydrogens is 234 g/mol. The van der Waals surface area contributed by atoms with Gasteiger partial charge in [-0.1, -0.05) is 57.2 Å². The van der Waals surface area contributed by atoms with Crippen LogP contribution in [0.5, 0.6) is 0 Å². The molecule has 0 unspecified atom stereocenters. The molecule has 0 saturated heterocycles. The number of halogens is 1. The predicted molar refractivity (Wildman–Crippen MR) is 76.6 cm³/mol. The van der Waals surface area contributed by atoms with Gasteiger partial charge in [0, 0.05) is 0 Å². The molecule has 1 N–H and O–H groups in total. The van der Waals surface area contributed by atoms with Crippen molar-refractivity contribution >= 4 is 18.1 Å². The highest BCUT2D eigenvalue weighted by Gasteiger charge is 1.91. The van der Waals surface area contributed by atoms with E-state index in [1.54, 1.807) is 0 Å². The van der Waals surface area contributed by atoms with Gasteiger partial charge in [-0.05, 0) is 18.6 Å². The second kappa shape index (κ2) is 11.7. The average Bonchev–Trinajstić information content (AvgIpc) is 2.34. The smallest absolute Gasteiger partial charge is 0.0746 e. The lowest BCUT2D eigenvalue weighted by atomic mass is 10.1. The molecule has 0 aliphatic carbocycles. The highest BCUT2D eigenvalue weighted by Crippen LogP contribution is 2.07. The fraction of sp³-hybridized carbons (Fsp3) is 0.571. The van der Waals surface area contributed by atoms with Crippen molar-refractivity contribution in [3.05, 3.63) is 30.3 Å². The first-order chi connectivity index (χ1) is 7.93. The van der Waals surface area contributed by atoms with Crippen LogP contribution in [0.1, 0.15) is 45.4 Å². The van der Waals surface area contributed by atoms with Crippen molar-refractivity contribution in [3.63, 3.8) is 0 Å². The average molecular weight is 258 g/mol. The normalized spacial score (nSPS) is 9.71. The second-order valence-corrected chi connectivity index (χ2v) is 4.08. The number of unbranched alkanes of at least 4 members (excludes halogenated alkanes) is 5. The van der Waals surface area contributed by atoms with Crippen LogP contribution in [0.15, 0.2) is 30.3 Å². The van der Waals surface area contributed by atoms with Crippen LogP contribution in [0.4, 0.5) is 5.69 Å². The van der Waals surface area contributed by atoms with Gasteiger partial charge < -0.3 is 0 Å². The SMILES string of the molecule is CCCCCCCCONc1ccccc1.Cl. The summed E-state index contributed by atoms with van der Waals surface area (Å²) in [5.41, 5.74) is 3.97. The molecule has 1 aromatic rings. The first-order valence-corrected chi connectivity index (χ1v) is 6.36. The lowest BCUT2D eigenvalue weighted by Crippen LogP contribution is -2.02. The van der Waals surface area contributed by atoms with E-state index in [9.17, 15) is 0 Å². The molecule has 0 aromatic heterocycles. The van der Waals surface area contributed by atoms with Crippen LogP contribution in [0.25, 0.3) is 0 Å². The van der Waals surface area contributed by atoms with Gasteiger partial charge in [-0.15, -0.1) is 12.4 Å². The number of hydrogen-bond acceptors (Lipinski definition) is 2. The van der Waals surface area contributed by atoms with Gasteiger partial charge in [0.2, 0.25) is 0 Å². The molecule has 0 aliphatic heterocycles. The third kappa shape index (κ3) is 9.02. The number of para-hydroxylation sites is 1. The lowest BCUT2D eigenvalue weighted by molar-refractivity contribution is 0.187. The van der Waals surface area contributed by atoms with Gasteiger partial charge in [-0.2, -0.15) is 0 Å². The van der Waals surface area contributed by atoms with Gasteiger partial charge >= 0.3 is 0 Å². The maximum absolute atomic E-state index is 5.38. The van der Waals surface area contributed by atoms with Crippen LogP contribution in [0.3, 0.4) is 0 Å². The van der Waals surface area contributed by atoms with Gasteiger partial charge in [0.05, 0.1) is 12.3 Å². The summed E-state index contributed by atoms with van der Waals surface area (Å²) in [6.07, 6.45) is 7.79. The minimum Gasteiger partial charge on any atom is -0.276 e. The highest BCUT2D eigenvalue weighted by molar-refractivity contribution is 5.85. The molecule has 0 fully saturated rings. The summed E-state index contributed by atoms with van der Waals surface area (Å²) in [6, 6.07) is 9.99. The molecule has 1 aromatic carbocycles. The van der Waals surface area contributed by atoms with Crippen molar-refractivity contribution in [3.8, 4) is 0 Å². The van der Waals surface area contributed by atoms with Crippen LogP contribution in [-0.4, -0.2) is 6.61 Å². The molecule has 0 spiro atoms. The molecule has 1 rings (SSSR count). The Labute approximate surface area is 111 Å². The fourth-order valence-corrected chi connectivity index (χ4v) is 1.60. The number of nitrogens with one attached hydrogen (secondary N) is 1. The summed E-state index contributed by atoms with van der Waals surface area (Å²) in [4.78, 5) is 5.38. The summed E-state index contributed by atoms with van der Waals surface area (Å²) in [7, 11) is 0. The molecule has 98 valence electrons. The Bertz CT molecular complexity index is 254. The van der Waals surface area contributed by atoms with Crippen molar-refractivity contribution in [2.75, 3.05) is 12.1 Å². The van der Waals surface area contributed by atoms with Crippen molar-refractivity contribution in [2.24, 2.45) is 0 Å². The summed E-state index contributed by atoms with van der Waals surface area (Å²) >= 11 is 0. The molecule has 0 radical (unpaired) electrons. The maximum atomic E-state index is 5.38. The highest BCUT2D eigenvalue weighted by atomic mass is 35.5. The van der Waals surface area contributed by atoms with Crippen LogP contribution >= 0.6 is 12.4 Å². The molecule has 0 atom stereocenters. The molecule has 3 heteroatoms. The summed E-state index contributed by atoms with van der Waals surface area (Å²) in [5, 5.41) is 0. The number of anilines is 1. The van der Waals surface area contributed by atoms with E-state index in [0.717, 1.165) is 18.7 Å². The van der Waals surface area contributed by atoms with E-state index in [1.807, 2.05) is 30.3 Å². The molecule has 0 heterocycles. The van der Waals surface area contributed by atoms with E-state index < -0.39 is 0 Å². The largest absolute Gasteiger partial charge is 0.276 e. The fourth-order valence-electron chi connectivity index (χ4n) is 1.60. The Morgan fingerprint density at radius 1 is 0.941 bits per heavy atom. The van der Waals surface area contributed by atoms with Crippen LogP contribution in [0.2, 0.25) is 0 Å². The Hall–Kier alpha value is -0.730. The van der Waals surface area contributed by atoms with Gasteiger partial charge in [0.25, 0.3) is 0 Å². The predicted octanol–water partition coefficient (Wildman–Crippen LogP) is 4.81. The second-order valence-electron chi connectivity index (χ2n) is 4.08. The molecule has 2 nitrogen and oxygen atoms in total. The number of rotatable bonds is 9. The van der Waals surface area contributed by atoms with E-state index >= 15 is 0 Å². The molecule has 17 heavy (non-hydrogen) atoms. The summed E-state index contributed by atoms with van der Waals surface area (Å²) in [5.74, 6) is 0. The summed E-state index contributed by atoms with van der Waals surface area (Å²) in [6.45, 7) is 3.04. The molecular formula is C14H24ClNO. The minimum absolute atomic E-state index is 0. The van der Waals surface area contributed by atoms with E-state index in [2.05, 4.69) is 12.4 Å². The molecule has 0 amide bonds. The maximum Gasteiger partial charge on any atom is 0.0746 e. The van der Waals surface area contributed by atoms with Crippen LogP contribution < -0.4 is 5.48 Å². The Balaban J connectivity index is 0.00000256. The third-order valence-corrected chi connectivity index (χ3v) is 2.56. The van der Waals surface area contributed by atoms with Crippen LogP contribution in [0, 0.1) is 0 Å². The monoisotopic (exact) mass is 257 g/mol. The van der Waals surface area contributed by atoms with Gasteiger partial charge in [-0.25, -0.2) is 0 Å². The summed E-state index contributed by atoms with van der Waals surface area (Å²) < 4.78 is 0. The van der Waals surface area contributed by atoms with Gasteiger partial charge in [-0.3, -0.25) is 10.3 Å². The van der Waals surface area contributed by atoms with E-state index in [-0.39, 0.29) is 12.4 Å². The Morgan fingerprint density at radius 3 is 2.29 bits per heavy atom. The van der Waals surface area contributed by atoms with Crippen molar-refractivity contribution in [1.82, 2.24) is 0 Å². The number of benzene rings is 1. The Morgan fingerprint density at radius 2 is 1.59 bits per heavy atom. The van der Waals surface area contributed by atoms with Crippen LogP contribution in [-0.2, 0) is 4.84 Å². The first-order valence-electron chi connectivity index (χ1n) is 6.36. The Kier molecular flexibility index (Phi) is 11.2. The van der Waals surface area contributed by atoms with Gasteiger partial charge in [0.15, 0.2) is 0 Å². The van der Waals surface area contributed by atoms with Crippen molar-refractivity contribution in [2.45, 2.75) is 45.4 Å². The van der Waals surface area contributed by atoms with Crippen molar-refractivity contribution < 1.29 is 4.84 Å². The van der Waals surface area contributed by atoms with E-state index in [4.69, 9.17) is 4.84 Å². The van der Waals surface area contributed by atoms with E-state index in [0.29, 0.717) is 0 Å². The van der Waals surface area contributed by atoms with Crippen molar-refractivity contribution in [1.29, 1.82) is 0 Å². The zero-order valence-corrected chi connectivity index (χ0v) is 11.5. The molecule has 0 bridgehead atoms. The minimum atomic E-state index is 0. The van der Waals surface area contributed by atoms with E-state index in [1.165, 1.54) is 32.1 Å². The first kappa shape index (κ1) is 16.3. The number of hydrogen-bond donors (Lipinski definition) is 1. The topological polar surface area (TPSA) is 21.3 Å². The molecule has 0 saturated carbocycles. The zero-order chi connectivity index (χ0) is 11.5. The van der Waals surface area contributed by atoms with Gasteiger partial charge in [0.1, 0.15) is 0 Å².